The van der Waals surface area contributed by atoms with Crippen molar-refractivity contribution in [2.75, 3.05) is 5.88 Å². The van der Waals surface area contributed by atoms with Crippen LogP contribution < -0.4 is 5.32 Å². The standard InChI is InChI=1S/C15H12Br2ClNO/c16-11-6-7-13(17)12(8-11)15(20)19-14(9-18)10-4-2-1-3-5-10/h1-8,14H,9H2,(H,19,20). The number of benzene rings is 2. The summed E-state index contributed by atoms with van der Waals surface area (Å²) in [5, 5.41) is 2.95. The average molecular weight is 418 g/mol. The highest BCUT2D eigenvalue weighted by molar-refractivity contribution is 9.11. The zero-order chi connectivity index (χ0) is 14.5. The smallest absolute Gasteiger partial charge is 0.252 e. The fraction of sp³-hybridized carbons (Fsp3) is 0.133. The maximum Gasteiger partial charge on any atom is 0.252 e. The molecule has 0 aliphatic rings. The molecule has 1 N–H and O–H groups in total. The van der Waals surface area contributed by atoms with Crippen molar-refractivity contribution in [3.05, 3.63) is 68.6 Å². The molecule has 0 aliphatic heterocycles. The molecule has 2 aromatic carbocycles. The summed E-state index contributed by atoms with van der Waals surface area (Å²) in [6.45, 7) is 0. The Kier molecular flexibility index (Phi) is 5.64. The van der Waals surface area contributed by atoms with E-state index < -0.39 is 0 Å². The number of carbonyl (C=O) groups is 1. The van der Waals surface area contributed by atoms with Gasteiger partial charge in [0.1, 0.15) is 0 Å². The average Bonchev–Trinajstić information content (AvgIpc) is 2.48. The van der Waals surface area contributed by atoms with Crippen molar-refractivity contribution in [3.63, 3.8) is 0 Å². The van der Waals surface area contributed by atoms with Gasteiger partial charge in [-0.3, -0.25) is 4.79 Å². The monoisotopic (exact) mass is 415 g/mol. The molecule has 1 unspecified atom stereocenters. The second kappa shape index (κ2) is 7.25. The molecule has 0 spiro atoms. The zero-order valence-electron chi connectivity index (χ0n) is 10.4. The van der Waals surface area contributed by atoms with Crippen molar-refractivity contribution in [2.24, 2.45) is 0 Å². The molecule has 20 heavy (non-hydrogen) atoms. The molecular formula is C15H12Br2ClNO. The predicted molar refractivity (Wildman–Crippen MR) is 89.2 cm³/mol. The van der Waals surface area contributed by atoms with Crippen LogP contribution in [-0.4, -0.2) is 11.8 Å². The lowest BCUT2D eigenvalue weighted by Crippen LogP contribution is -2.29. The highest BCUT2D eigenvalue weighted by atomic mass is 79.9. The minimum Gasteiger partial charge on any atom is -0.344 e. The van der Waals surface area contributed by atoms with E-state index in [0.717, 1.165) is 14.5 Å². The first-order valence-corrected chi connectivity index (χ1v) is 8.10. The lowest BCUT2D eigenvalue weighted by Gasteiger charge is -2.17. The van der Waals surface area contributed by atoms with Gasteiger partial charge < -0.3 is 5.32 Å². The molecule has 0 fully saturated rings. The Hall–Kier alpha value is -0.840. The van der Waals surface area contributed by atoms with Crippen LogP contribution in [0.5, 0.6) is 0 Å². The third kappa shape index (κ3) is 3.84. The van der Waals surface area contributed by atoms with Gasteiger partial charge in [0.2, 0.25) is 0 Å². The van der Waals surface area contributed by atoms with Crippen molar-refractivity contribution in [2.45, 2.75) is 6.04 Å². The number of nitrogens with one attached hydrogen (secondary N) is 1. The molecule has 1 amide bonds. The Morgan fingerprint density at radius 1 is 1.15 bits per heavy atom. The number of carbonyl (C=O) groups excluding carboxylic acids is 1. The van der Waals surface area contributed by atoms with Crippen LogP contribution in [0.4, 0.5) is 0 Å². The first-order valence-electron chi connectivity index (χ1n) is 5.98. The van der Waals surface area contributed by atoms with Crippen molar-refractivity contribution in [1.82, 2.24) is 5.32 Å². The molecule has 0 saturated heterocycles. The molecule has 104 valence electrons. The number of hydrogen-bond donors (Lipinski definition) is 1. The van der Waals surface area contributed by atoms with E-state index >= 15 is 0 Å². The molecule has 5 heteroatoms. The molecule has 1 atom stereocenters. The summed E-state index contributed by atoms with van der Waals surface area (Å²) in [4.78, 5) is 12.3. The van der Waals surface area contributed by atoms with Crippen molar-refractivity contribution < 1.29 is 4.79 Å². The van der Waals surface area contributed by atoms with E-state index in [-0.39, 0.29) is 11.9 Å². The second-order valence-corrected chi connectivity index (χ2v) is 6.29. The SMILES string of the molecule is O=C(NC(CCl)c1ccccc1)c1cc(Br)ccc1Br. The van der Waals surface area contributed by atoms with Gasteiger partial charge in [0, 0.05) is 14.8 Å². The third-order valence-corrected chi connectivity index (χ3v) is 4.33. The van der Waals surface area contributed by atoms with E-state index in [1.54, 1.807) is 6.07 Å². The van der Waals surface area contributed by atoms with E-state index in [1.807, 2.05) is 42.5 Å². The van der Waals surface area contributed by atoms with Gasteiger partial charge in [0.05, 0.1) is 11.6 Å². The van der Waals surface area contributed by atoms with Gasteiger partial charge in [-0.25, -0.2) is 0 Å². The highest BCUT2D eigenvalue weighted by Crippen LogP contribution is 2.23. The van der Waals surface area contributed by atoms with Crippen LogP contribution in [0.3, 0.4) is 0 Å². The minimum atomic E-state index is -0.212. The summed E-state index contributed by atoms with van der Waals surface area (Å²) in [5.74, 6) is 0.161. The molecule has 0 heterocycles. The Morgan fingerprint density at radius 3 is 2.50 bits per heavy atom. The van der Waals surface area contributed by atoms with Crippen LogP contribution in [0.15, 0.2) is 57.5 Å². The maximum absolute atomic E-state index is 12.3. The number of alkyl halides is 1. The molecule has 0 radical (unpaired) electrons. The third-order valence-electron chi connectivity index (χ3n) is 2.83. The second-order valence-electron chi connectivity index (χ2n) is 4.22. The van der Waals surface area contributed by atoms with Crippen LogP contribution in [0.1, 0.15) is 22.0 Å². The van der Waals surface area contributed by atoms with Crippen LogP contribution in [0, 0.1) is 0 Å². The van der Waals surface area contributed by atoms with E-state index in [9.17, 15) is 4.79 Å². The van der Waals surface area contributed by atoms with Crippen molar-refractivity contribution in [3.8, 4) is 0 Å². The van der Waals surface area contributed by atoms with Crippen LogP contribution >= 0.6 is 43.5 Å². The van der Waals surface area contributed by atoms with Gasteiger partial charge in [-0.15, -0.1) is 11.6 Å². The van der Waals surface area contributed by atoms with E-state index in [4.69, 9.17) is 11.6 Å². The molecule has 2 nitrogen and oxygen atoms in total. The molecule has 0 bridgehead atoms. The summed E-state index contributed by atoms with van der Waals surface area (Å²) in [6, 6.07) is 14.9. The van der Waals surface area contributed by atoms with Crippen LogP contribution in [0.25, 0.3) is 0 Å². The lowest BCUT2D eigenvalue weighted by atomic mass is 10.1. The topological polar surface area (TPSA) is 29.1 Å². The molecule has 2 rings (SSSR count). The Bertz CT molecular complexity index is 604. The van der Waals surface area contributed by atoms with Crippen molar-refractivity contribution in [1.29, 1.82) is 0 Å². The largest absolute Gasteiger partial charge is 0.344 e. The van der Waals surface area contributed by atoms with E-state index in [2.05, 4.69) is 37.2 Å². The summed E-state index contributed by atoms with van der Waals surface area (Å²) >= 11 is 12.7. The fourth-order valence-corrected chi connectivity index (χ4v) is 2.85. The molecular weight excluding hydrogens is 405 g/mol. The van der Waals surface area contributed by atoms with Crippen LogP contribution in [-0.2, 0) is 0 Å². The van der Waals surface area contributed by atoms with Gasteiger partial charge in [-0.1, -0.05) is 46.3 Å². The molecule has 0 aromatic heterocycles. The molecule has 0 saturated carbocycles. The Labute approximate surface area is 139 Å². The predicted octanol–water partition coefficient (Wildman–Crippen LogP) is 4.92. The quantitative estimate of drug-likeness (QED) is 0.703. The Morgan fingerprint density at radius 2 is 1.85 bits per heavy atom. The number of halogens is 3. The van der Waals surface area contributed by atoms with E-state index in [1.165, 1.54) is 0 Å². The highest BCUT2D eigenvalue weighted by Gasteiger charge is 2.16. The summed E-state index contributed by atoms with van der Waals surface area (Å²) in [5.41, 5.74) is 1.56. The number of rotatable bonds is 4. The molecule has 0 aliphatic carbocycles. The summed E-state index contributed by atoms with van der Waals surface area (Å²) < 4.78 is 1.60. The fourth-order valence-electron chi connectivity index (χ4n) is 1.80. The molecule has 2 aromatic rings. The Balaban J connectivity index is 2.20. The van der Waals surface area contributed by atoms with Crippen LogP contribution in [0.2, 0.25) is 0 Å². The lowest BCUT2D eigenvalue weighted by molar-refractivity contribution is 0.0939. The zero-order valence-corrected chi connectivity index (χ0v) is 14.4. The van der Waals surface area contributed by atoms with Crippen molar-refractivity contribution >= 4 is 49.4 Å². The van der Waals surface area contributed by atoms with Gasteiger partial charge in [-0.2, -0.15) is 0 Å². The first kappa shape index (κ1) is 15.5. The maximum atomic E-state index is 12.3. The summed E-state index contributed by atoms with van der Waals surface area (Å²) in [6.07, 6.45) is 0. The normalized spacial score (nSPS) is 11.9. The minimum absolute atomic E-state index is 0.160. The number of amides is 1. The summed E-state index contributed by atoms with van der Waals surface area (Å²) in [7, 11) is 0. The van der Waals surface area contributed by atoms with Gasteiger partial charge >= 0.3 is 0 Å². The number of hydrogen-bond acceptors (Lipinski definition) is 1. The van der Waals surface area contributed by atoms with Gasteiger partial charge in [0.25, 0.3) is 5.91 Å². The first-order chi connectivity index (χ1) is 9.61. The van der Waals surface area contributed by atoms with Gasteiger partial charge in [-0.05, 0) is 39.7 Å². The van der Waals surface area contributed by atoms with Gasteiger partial charge in [0.15, 0.2) is 0 Å². The van der Waals surface area contributed by atoms with E-state index in [0.29, 0.717) is 11.4 Å².